The Hall–Kier alpha value is -3.61. The number of rotatable bonds is 7. The topological polar surface area (TPSA) is 76.6 Å². The molecule has 1 amide bonds. The molecule has 0 saturated carbocycles. The van der Waals surface area contributed by atoms with E-state index in [-0.39, 0.29) is 11.9 Å². The lowest BCUT2D eigenvalue weighted by atomic mass is 10.0. The van der Waals surface area contributed by atoms with E-state index in [0.29, 0.717) is 17.1 Å². The van der Waals surface area contributed by atoms with Gasteiger partial charge in [-0.2, -0.15) is 0 Å². The second kappa shape index (κ2) is 10.3. The van der Waals surface area contributed by atoms with E-state index in [2.05, 4.69) is 20.2 Å². The SMILES string of the molecule is COc1ccc([C@@H](C)NC(=O)c2ccc(-c3nccnc3N3CCCCC3)cc2)cc1OC. The van der Waals surface area contributed by atoms with Gasteiger partial charge in [0, 0.05) is 36.6 Å². The Morgan fingerprint density at radius 3 is 2.33 bits per heavy atom. The molecule has 172 valence electrons. The zero-order chi connectivity index (χ0) is 23.2. The normalized spacial score (nSPS) is 14.5. The molecule has 1 aliphatic rings. The van der Waals surface area contributed by atoms with Gasteiger partial charge in [0.15, 0.2) is 17.3 Å². The van der Waals surface area contributed by atoms with E-state index in [1.165, 1.54) is 19.3 Å². The average Bonchev–Trinajstić information content (AvgIpc) is 2.88. The minimum atomic E-state index is -0.192. The molecule has 3 aromatic rings. The van der Waals surface area contributed by atoms with Crippen molar-refractivity contribution in [1.82, 2.24) is 15.3 Å². The second-order valence-electron chi connectivity index (χ2n) is 8.16. The summed E-state index contributed by atoms with van der Waals surface area (Å²) in [6, 6.07) is 13.0. The minimum absolute atomic E-state index is 0.140. The molecule has 0 spiro atoms. The summed E-state index contributed by atoms with van der Waals surface area (Å²) in [7, 11) is 3.20. The minimum Gasteiger partial charge on any atom is -0.493 e. The first kappa shape index (κ1) is 22.6. The van der Waals surface area contributed by atoms with Gasteiger partial charge in [0.25, 0.3) is 5.91 Å². The quantitative estimate of drug-likeness (QED) is 0.570. The molecule has 1 aromatic heterocycles. The fraction of sp³-hybridized carbons (Fsp3) is 0.346. The van der Waals surface area contributed by atoms with Gasteiger partial charge in [-0.3, -0.25) is 9.78 Å². The van der Waals surface area contributed by atoms with E-state index in [0.717, 1.165) is 35.7 Å². The molecular formula is C26H30N4O3. The lowest BCUT2D eigenvalue weighted by molar-refractivity contribution is 0.0940. The molecule has 1 aliphatic heterocycles. The van der Waals surface area contributed by atoms with Gasteiger partial charge >= 0.3 is 0 Å². The van der Waals surface area contributed by atoms with Gasteiger partial charge < -0.3 is 19.7 Å². The van der Waals surface area contributed by atoms with Crippen LogP contribution in [0, 0.1) is 0 Å². The summed E-state index contributed by atoms with van der Waals surface area (Å²) in [4.78, 5) is 24.4. The van der Waals surface area contributed by atoms with E-state index in [1.807, 2.05) is 49.4 Å². The van der Waals surface area contributed by atoms with Crippen molar-refractivity contribution in [2.45, 2.75) is 32.2 Å². The first-order valence-corrected chi connectivity index (χ1v) is 11.3. The maximum atomic E-state index is 12.9. The van der Waals surface area contributed by atoms with Crippen LogP contribution >= 0.6 is 0 Å². The van der Waals surface area contributed by atoms with Crippen molar-refractivity contribution < 1.29 is 14.3 Å². The predicted molar refractivity (Wildman–Crippen MR) is 129 cm³/mol. The van der Waals surface area contributed by atoms with Crippen LogP contribution in [0.2, 0.25) is 0 Å². The van der Waals surface area contributed by atoms with Crippen molar-refractivity contribution in [1.29, 1.82) is 0 Å². The van der Waals surface area contributed by atoms with Crippen LogP contribution in [0.4, 0.5) is 5.82 Å². The van der Waals surface area contributed by atoms with Gasteiger partial charge in [0.2, 0.25) is 0 Å². The molecule has 7 heteroatoms. The van der Waals surface area contributed by atoms with Crippen molar-refractivity contribution in [3.05, 3.63) is 66.0 Å². The van der Waals surface area contributed by atoms with E-state index in [4.69, 9.17) is 9.47 Å². The number of nitrogens with zero attached hydrogens (tertiary/aromatic N) is 3. The smallest absolute Gasteiger partial charge is 0.251 e. The molecule has 7 nitrogen and oxygen atoms in total. The highest BCUT2D eigenvalue weighted by atomic mass is 16.5. The van der Waals surface area contributed by atoms with Crippen LogP contribution in [0.5, 0.6) is 11.5 Å². The van der Waals surface area contributed by atoms with Gasteiger partial charge in [-0.25, -0.2) is 4.98 Å². The molecule has 0 radical (unpaired) electrons. The number of amides is 1. The van der Waals surface area contributed by atoms with Gasteiger partial charge in [-0.05, 0) is 56.0 Å². The summed E-state index contributed by atoms with van der Waals surface area (Å²) >= 11 is 0. The molecular weight excluding hydrogens is 416 g/mol. The largest absolute Gasteiger partial charge is 0.493 e. The van der Waals surface area contributed by atoms with E-state index in [1.54, 1.807) is 26.6 Å². The number of benzene rings is 2. The Labute approximate surface area is 194 Å². The van der Waals surface area contributed by atoms with Gasteiger partial charge in [-0.15, -0.1) is 0 Å². The van der Waals surface area contributed by atoms with Crippen molar-refractivity contribution in [3.63, 3.8) is 0 Å². The summed E-state index contributed by atoms with van der Waals surface area (Å²) in [6.07, 6.45) is 7.07. The third-order valence-corrected chi connectivity index (χ3v) is 6.01. The monoisotopic (exact) mass is 446 g/mol. The van der Waals surface area contributed by atoms with Crippen LogP contribution in [0.3, 0.4) is 0 Å². The fourth-order valence-electron chi connectivity index (χ4n) is 4.14. The maximum absolute atomic E-state index is 12.9. The highest BCUT2D eigenvalue weighted by molar-refractivity contribution is 5.95. The van der Waals surface area contributed by atoms with Crippen molar-refractivity contribution in [2.24, 2.45) is 0 Å². The third kappa shape index (κ3) is 5.08. The number of carbonyl (C=O) groups is 1. The molecule has 2 heterocycles. The molecule has 1 saturated heterocycles. The third-order valence-electron chi connectivity index (χ3n) is 6.01. The number of carbonyl (C=O) groups excluding carboxylic acids is 1. The molecule has 1 N–H and O–H groups in total. The number of anilines is 1. The number of methoxy groups -OCH3 is 2. The Kier molecular flexibility index (Phi) is 7.07. The molecule has 33 heavy (non-hydrogen) atoms. The van der Waals surface area contributed by atoms with Crippen LogP contribution in [0.15, 0.2) is 54.9 Å². The number of nitrogens with one attached hydrogen (secondary N) is 1. The lowest BCUT2D eigenvalue weighted by Crippen LogP contribution is -2.30. The molecule has 2 aromatic carbocycles. The molecule has 1 atom stereocenters. The summed E-state index contributed by atoms with van der Waals surface area (Å²) in [5, 5.41) is 3.05. The lowest BCUT2D eigenvalue weighted by Gasteiger charge is -2.28. The molecule has 1 fully saturated rings. The zero-order valence-corrected chi connectivity index (χ0v) is 19.4. The van der Waals surface area contributed by atoms with Crippen LogP contribution < -0.4 is 19.7 Å². The summed E-state index contributed by atoms with van der Waals surface area (Å²) in [5.74, 6) is 2.06. The van der Waals surface area contributed by atoms with Crippen LogP contribution in [0.25, 0.3) is 11.3 Å². The Balaban J connectivity index is 1.48. The van der Waals surface area contributed by atoms with Gasteiger partial charge in [0.1, 0.15) is 5.69 Å². The number of hydrogen-bond donors (Lipinski definition) is 1. The maximum Gasteiger partial charge on any atom is 0.251 e. The van der Waals surface area contributed by atoms with Crippen molar-refractivity contribution in [2.75, 3.05) is 32.2 Å². The van der Waals surface area contributed by atoms with Crippen LogP contribution in [-0.4, -0.2) is 43.2 Å². The standard InChI is InChI=1S/C26H30N4O3/c1-18(21-11-12-22(32-2)23(17-21)33-3)29-26(31)20-9-7-19(8-10-20)24-25(28-14-13-27-24)30-15-5-4-6-16-30/h7-14,17-18H,4-6,15-16H2,1-3H3,(H,29,31)/t18-/m1/s1. The highest BCUT2D eigenvalue weighted by Gasteiger charge is 2.18. The van der Waals surface area contributed by atoms with E-state index in [9.17, 15) is 4.79 Å². The molecule has 0 aliphatic carbocycles. The van der Waals surface area contributed by atoms with E-state index >= 15 is 0 Å². The average molecular weight is 447 g/mol. The molecule has 0 unspecified atom stereocenters. The number of ether oxygens (including phenoxy) is 2. The Bertz CT molecular complexity index is 1090. The van der Waals surface area contributed by atoms with Gasteiger partial charge in [0.05, 0.1) is 20.3 Å². The Morgan fingerprint density at radius 1 is 0.939 bits per heavy atom. The van der Waals surface area contributed by atoms with Crippen molar-refractivity contribution in [3.8, 4) is 22.8 Å². The fourth-order valence-corrected chi connectivity index (χ4v) is 4.14. The zero-order valence-electron chi connectivity index (χ0n) is 19.4. The van der Waals surface area contributed by atoms with Crippen LogP contribution in [0.1, 0.15) is 48.1 Å². The predicted octanol–water partition coefficient (Wildman–Crippen LogP) is 4.64. The van der Waals surface area contributed by atoms with Crippen LogP contribution in [-0.2, 0) is 0 Å². The number of hydrogen-bond acceptors (Lipinski definition) is 6. The van der Waals surface area contributed by atoms with Crippen molar-refractivity contribution >= 4 is 11.7 Å². The highest BCUT2D eigenvalue weighted by Crippen LogP contribution is 2.31. The first-order valence-electron chi connectivity index (χ1n) is 11.3. The summed E-state index contributed by atoms with van der Waals surface area (Å²) in [6.45, 7) is 3.94. The Morgan fingerprint density at radius 2 is 1.64 bits per heavy atom. The van der Waals surface area contributed by atoms with Gasteiger partial charge in [-0.1, -0.05) is 18.2 Å². The second-order valence-corrected chi connectivity index (χ2v) is 8.16. The number of piperidine rings is 1. The number of aromatic nitrogens is 2. The summed E-state index contributed by atoms with van der Waals surface area (Å²) < 4.78 is 10.7. The first-order chi connectivity index (χ1) is 16.1. The van der Waals surface area contributed by atoms with E-state index < -0.39 is 0 Å². The molecule has 4 rings (SSSR count). The molecule has 0 bridgehead atoms. The summed E-state index contributed by atoms with van der Waals surface area (Å²) in [5.41, 5.74) is 3.33.